The summed E-state index contributed by atoms with van der Waals surface area (Å²) in [7, 11) is 0. The van der Waals surface area contributed by atoms with Gasteiger partial charge in [-0.1, -0.05) is 19.3 Å². The van der Waals surface area contributed by atoms with E-state index in [4.69, 9.17) is 5.73 Å². The second-order valence-corrected chi connectivity index (χ2v) is 7.13. The Balaban J connectivity index is 1.50. The van der Waals surface area contributed by atoms with Crippen molar-refractivity contribution in [3.63, 3.8) is 0 Å². The van der Waals surface area contributed by atoms with Gasteiger partial charge in [-0.25, -0.2) is 0 Å². The molecule has 4 nitrogen and oxygen atoms in total. The monoisotopic (exact) mass is 279 g/mol. The SMILES string of the molecule is NC1(CC(=O)N2CCC(N3CCCC3)C2)CCCCC1. The van der Waals surface area contributed by atoms with Crippen molar-refractivity contribution < 1.29 is 4.79 Å². The van der Waals surface area contributed by atoms with Gasteiger partial charge in [0, 0.05) is 31.1 Å². The van der Waals surface area contributed by atoms with E-state index in [1.807, 2.05) is 0 Å². The molecule has 0 aromatic carbocycles. The van der Waals surface area contributed by atoms with E-state index in [1.54, 1.807) is 0 Å². The number of rotatable bonds is 3. The fraction of sp³-hybridized carbons (Fsp3) is 0.938. The van der Waals surface area contributed by atoms with Crippen LogP contribution in [0.1, 0.15) is 57.8 Å². The highest BCUT2D eigenvalue weighted by Gasteiger charge is 2.35. The highest BCUT2D eigenvalue weighted by molar-refractivity contribution is 5.77. The molecular formula is C16H29N3O. The molecule has 114 valence electrons. The number of nitrogens with zero attached hydrogens (tertiary/aromatic N) is 2. The zero-order valence-electron chi connectivity index (χ0n) is 12.6. The zero-order valence-corrected chi connectivity index (χ0v) is 12.6. The van der Waals surface area contributed by atoms with Gasteiger partial charge < -0.3 is 10.6 Å². The largest absolute Gasteiger partial charge is 0.341 e. The van der Waals surface area contributed by atoms with Crippen molar-refractivity contribution in [1.82, 2.24) is 9.80 Å². The summed E-state index contributed by atoms with van der Waals surface area (Å²) >= 11 is 0. The Labute approximate surface area is 122 Å². The van der Waals surface area contributed by atoms with E-state index < -0.39 is 0 Å². The number of nitrogens with two attached hydrogens (primary N) is 1. The van der Waals surface area contributed by atoms with E-state index in [0.29, 0.717) is 18.4 Å². The Bertz CT molecular complexity index is 346. The van der Waals surface area contributed by atoms with Crippen LogP contribution in [0.3, 0.4) is 0 Å². The lowest BCUT2D eigenvalue weighted by Gasteiger charge is -2.34. The van der Waals surface area contributed by atoms with Gasteiger partial charge in [-0.05, 0) is 45.2 Å². The van der Waals surface area contributed by atoms with E-state index in [0.717, 1.165) is 32.4 Å². The topological polar surface area (TPSA) is 49.6 Å². The van der Waals surface area contributed by atoms with E-state index in [-0.39, 0.29) is 5.54 Å². The molecule has 1 atom stereocenters. The molecule has 2 aliphatic heterocycles. The van der Waals surface area contributed by atoms with Gasteiger partial charge in [-0.3, -0.25) is 9.69 Å². The van der Waals surface area contributed by atoms with Crippen molar-refractivity contribution >= 4 is 5.91 Å². The molecule has 2 heterocycles. The lowest BCUT2D eigenvalue weighted by atomic mass is 9.80. The third-order valence-corrected chi connectivity index (χ3v) is 5.53. The van der Waals surface area contributed by atoms with E-state index in [1.165, 1.54) is 45.2 Å². The maximum atomic E-state index is 12.5. The molecule has 1 aliphatic carbocycles. The highest BCUT2D eigenvalue weighted by Crippen LogP contribution is 2.30. The minimum absolute atomic E-state index is 0.207. The van der Waals surface area contributed by atoms with Gasteiger partial charge in [0.15, 0.2) is 0 Å². The van der Waals surface area contributed by atoms with Crippen molar-refractivity contribution in [1.29, 1.82) is 0 Å². The standard InChI is InChI=1S/C16H29N3O/c17-16(7-2-1-3-8-16)12-15(20)19-11-6-14(13-19)18-9-4-5-10-18/h14H,1-13,17H2. The van der Waals surface area contributed by atoms with Crippen molar-refractivity contribution in [2.24, 2.45) is 5.73 Å². The van der Waals surface area contributed by atoms with Crippen LogP contribution in [0.5, 0.6) is 0 Å². The van der Waals surface area contributed by atoms with Crippen LogP contribution in [0.4, 0.5) is 0 Å². The van der Waals surface area contributed by atoms with Crippen LogP contribution in [0, 0.1) is 0 Å². The smallest absolute Gasteiger partial charge is 0.224 e. The molecule has 0 aromatic heterocycles. The van der Waals surface area contributed by atoms with Gasteiger partial charge in [0.2, 0.25) is 5.91 Å². The zero-order chi connectivity index (χ0) is 14.0. The number of amides is 1. The van der Waals surface area contributed by atoms with Crippen LogP contribution in [0.25, 0.3) is 0 Å². The summed E-state index contributed by atoms with van der Waals surface area (Å²) < 4.78 is 0. The maximum Gasteiger partial charge on any atom is 0.224 e. The second kappa shape index (κ2) is 6.02. The van der Waals surface area contributed by atoms with Crippen LogP contribution in [0.2, 0.25) is 0 Å². The molecule has 1 saturated carbocycles. The van der Waals surface area contributed by atoms with Crippen molar-refractivity contribution in [2.45, 2.75) is 69.4 Å². The minimum atomic E-state index is -0.207. The van der Waals surface area contributed by atoms with Crippen molar-refractivity contribution in [3.05, 3.63) is 0 Å². The minimum Gasteiger partial charge on any atom is -0.341 e. The van der Waals surface area contributed by atoms with Crippen LogP contribution in [-0.2, 0) is 4.79 Å². The normalized spacial score (nSPS) is 30.9. The van der Waals surface area contributed by atoms with Crippen molar-refractivity contribution in [3.8, 4) is 0 Å². The Morgan fingerprint density at radius 1 is 1.05 bits per heavy atom. The molecule has 0 aromatic rings. The maximum absolute atomic E-state index is 12.5. The van der Waals surface area contributed by atoms with E-state index in [2.05, 4.69) is 9.80 Å². The van der Waals surface area contributed by atoms with Crippen LogP contribution < -0.4 is 5.73 Å². The first-order valence-corrected chi connectivity index (χ1v) is 8.47. The molecule has 3 rings (SSSR count). The molecule has 20 heavy (non-hydrogen) atoms. The summed E-state index contributed by atoms with van der Waals surface area (Å²) in [6.45, 7) is 4.34. The van der Waals surface area contributed by atoms with Gasteiger partial charge >= 0.3 is 0 Å². The molecule has 1 unspecified atom stereocenters. The number of hydrogen-bond donors (Lipinski definition) is 1. The summed E-state index contributed by atoms with van der Waals surface area (Å²) in [6.07, 6.45) is 10.1. The Morgan fingerprint density at radius 3 is 2.45 bits per heavy atom. The predicted molar refractivity (Wildman–Crippen MR) is 80.4 cm³/mol. The summed E-state index contributed by atoms with van der Waals surface area (Å²) in [5, 5.41) is 0. The molecule has 0 spiro atoms. The molecule has 0 bridgehead atoms. The fourth-order valence-electron chi connectivity index (χ4n) is 4.22. The first-order valence-electron chi connectivity index (χ1n) is 8.47. The number of carbonyl (C=O) groups is 1. The molecule has 2 saturated heterocycles. The first-order chi connectivity index (χ1) is 9.66. The summed E-state index contributed by atoms with van der Waals surface area (Å²) in [5.41, 5.74) is 6.22. The second-order valence-electron chi connectivity index (χ2n) is 7.13. The summed E-state index contributed by atoms with van der Waals surface area (Å²) in [4.78, 5) is 17.2. The third kappa shape index (κ3) is 3.17. The number of likely N-dealkylation sites (tertiary alicyclic amines) is 2. The molecular weight excluding hydrogens is 250 g/mol. The van der Waals surface area contributed by atoms with Crippen LogP contribution in [0.15, 0.2) is 0 Å². The van der Waals surface area contributed by atoms with Gasteiger partial charge in [-0.2, -0.15) is 0 Å². The lowest BCUT2D eigenvalue weighted by Crippen LogP contribution is -2.47. The average Bonchev–Trinajstić information content (AvgIpc) is 3.10. The van der Waals surface area contributed by atoms with Crippen LogP contribution >= 0.6 is 0 Å². The molecule has 3 fully saturated rings. The Hall–Kier alpha value is -0.610. The van der Waals surface area contributed by atoms with Crippen LogP contribution in [-0.4, -0.2) is 53.5 Å². The molecule has 0 radical (unpaired) electrons. The Morgan fingerprint density at radius 2 is 1.75 bits per heavy atom. The molecule has 4 heteroatoms. The third-order valence-electron chi connectivity index (χ3n) is 5.53. The van der Waals surface area contributed by atoms with Gasteiger partial charge in [-0.15, -0.1) is 0 Å². The molecule has 1 amide bonds. The van der Waals surface area contributed by atoms with Gasteiger partial charge in [0.05, 0.1) is 0 Å². The fourth-order valence-corrected chi connectivity index (χ4v) is 4.22. The Kier molecular flexibility index (Phi) is 4.32. The summed E-state index contributed by atoms with van der Waals surface area (Å²) in [5.74, 6) is 0.302. The average molecular weight is 279 g/mol. The quantitative estimate of drug-likeness (QED) is 0.856. The van der Waals surface area contributed by atoms with Gasteiger partial charge in [0.1, 0.15) is 0 Å². The molecule has 2 N–H and O–H groups in total. The lowest BCUT2D eigenvalue weighted by molar-refractivity contribution is -0.131. The van der Waals surface area contributed by atoms with Crippen molar-refractivity contribution in [2.75, 3.05) is 26.2 Å². The first kappa shape index (κ1) is 14.3. The summed E-state index contributed by atoms with van der Waals surface area (Å²) in [6, 6.07) is 0.613. The predicted octanol–water partition coefficient (Wildman–Crippen LogP) is 1.73. The van der Waals surface area contributed by atoms with Gasteiger partial charge in [0.25, 0.3) is 0 Å². The number of hydrogen-bond acceptors (Lipinski definition) is 3. The molecule has 3 aliphatic rings. The highest BCUT2D eigenvalue weighted by atomic mass is 16.2. The number of carbonyl (C=O) groups excluding carboxylic acids is 1. The van der Waals surface area contributed by atoms with E-state index in [9.17, 15) is 4.79 Å². The van der Waals surface area contributed by atoms with E-state index >= 15 is 0 Å².